The lowest BCUT2D eigenvalue weighted by atomic mass is 10.0. The minimum absolute atomic E-state index is 0.354. The van der Waals surface area contributed by atoms with Gasteiger partial charge in [-0.3, -0.25) is 9.58 Å². The Kier molecular flexibility index (Phi) is 5.79. The van der Waals surface area contributed by atoms with Gasteiger partial charge < -0.3 is 10.2 Å². The third-order valence-electron chi connectivity index (χ3n) is 4.63. The summed E-state index contributed by atoms with van der Waals surface area (Å²) in [7, 11) is 4.18. The Morgan fingerprint density at radius 1 is 1.14 bits per heavy atom. The molecule has 2 atom stereocenters. The molecule has 2 unspecified atom stereocenters. The van der Waals surface area contributed by atoms with Crippen LogP contribution in [0.1, 0.15) is 32.4 Å². The maximum atomic E-state index is 4.26. The van der Waals surface area contributed by atoms with Gasteiger partial charge in [0.05, 0.1) is 6.20 Å². The second-order valence-corrected chi connectivity index (χ2v) is 6.73. The summed E-state index contributed by atoms with van der Waals surface area (Å²) in [4.78, 5) is 5.06. The Morgan fingerprint density at radius 3 is 2.33 bits per heavy atom. The molecule has 2 rings (SSSR count). The zero-order valence-corrected chi connectivity index (χ0v) is 14.2. The molecule has 1 saturated heterocycles. The van der Waals surface area contributed by atoms with E-state index in [0.717, 1.165) is 6.54 Å². The molecule has 1 fully saturated rings. The average Bonchev–Trinajstić information content (AvgIpc) is 2.87. The van der Waals surface area contributed by atoms with E-state index < -0.39 is 0 Å². The molecule has 1 aromatic rings. The van der Waals surface area contributed by atoms with E-state index in [2.05, 4.69) is 54.2 Å². The molecule has 1 aliphatic heterocycles. The van der Waals surface area contributed by atoms with Crippen LogP contribution in [0.15, 0.2) is 12.4 Å². The lowest BCUT2D eigenvalue weighted by Crippen LogP contribution is -2.53. The average molecular weight is 293 g/mol. The standard InChI is InChI=1S/C16H31N5/c1-13(2)16(21-8-6-19(4)7-9-21)11-17-14(3)15-10-18-20(5)12-15/h10,12-14,16-17H,6-9,11H2,1-5H3. The SMILES string of the molecule is CC(NCC(C(C)C)N1CCN(C)CC1)c1cnn(C)c1. The van der Waals surface area contributed by atoms with Gasteiger partial charge in [0.2, 0.25) is 0 Å². The predicted molar refractivity (Wildman–Crippen MR) is 87.3 cm³/mol. The van der Waals surface area contributed by atoms with Gasteiger partial charge in [-0.2, -0.15) is 5.10 Å². The predicted octanol–water partition coefficient (Wildman–Crippen LogP) is 1.34. The van der Waals surface area contributed by atoms with Gasteiger partial charge in [0.15, 0.2) is 0 Å². The Balaban J connectivity index is 1.88. The second-order valence-electron chi connectivity index (χ2n) is 6.73. The molecule has 0 spiro atoms. The number of piperazine rings is 1. The van der Waals surface area contributed by atoms with Gasteiger partial charge in [-0.25, -0.2) is 0 Å². The van der Waals surface area contributed by atoms with E-state index in [0.29, 0.717) is 18.0 Å². The first-order chi connectivity index (χ1) is 9.97. The normalized spacial score (nSPS) is 20.9. The van der Waals surface area contributed by atoms with Crippen LogP contribution in [0.3, 0.4) is 0 Å². The Hall–Kier alpha value is -0.910. The van der Waals surface area contributed by atoms with Gasteiger partial charge in [0.25, 0.3) is 0 Å². The molecule has 2 heterocycles. The van der Waals surface area contributed by atoms with Gasteiger partial charge in [0, 0.05) is 63.6 Å². The molecule has 21 heavy (non-hydrogen) atoms. The summed E-state index contributed by atoms with van der Waals surface area (Å²) < 4.78 is 1.87. The highest BCUT2D eigenvalue weighted by Gasteiger charge is 2.25. The van der Waals surface area contributed by atoms with Crippen LogP contribution in [0.4, 0.5) is 0 Å². The van der Waals surface area contributed by atoms with Crippen molar-refractivity contribution < 1.29 is 0 Å². The summed E-state index contributed by atoms with van der Waals surface area (Å²) in [6, 6.07) is 0.963. The van der Waals surface area contributed by atoms with Gasteiger partial charge >= 0.3 is 0 Å². The monoisotopic (exact) mass is 293 g/mol. The zero-order chi connectivity index (χ0) is 15.4. The van der Waals surface area contributed by atoms with Crippen molar-refractivity contribution in [3.05, 3.63) is 18.0 Å². The van der Waals surface area contributed by atoms with E-state index in [1.165, 1.54) is 31.7 Å². The Labute approximate surface area is 129 Å². The molecule has 0 bridgehead atoms. The molecule has 5 heteroatoms. The molecular weight excluding hydrogens is 262 g/mol. The van der Waals surface area contributed by atoms with Crippen LogP contribution in [0.2, 0.25) is 0 Å². The fourth-order valence-corrected chi connectivity index (χ4v) is 3.02. The maximum absolute atomic E-state index is 4.26. The topological polar surface area (TPSA) is 36.3 Å². The first kappa shape index (κ1) is 16.5. The van der Waals surface area contributed by atoms with Gasteiger partial charge in [-0.05, 0) is 19.9 Å². The quantitative estimate of drug-likeness (QED) is 0.859. The largest absolute Gasteiger partial charge is 0.309 e. The van der Waals surface area contributed by atoms with Crippen molar-refractivity contribution in [3.63, 3.8) is 0 Å². The minimum Gasteiger partial charge on any atom is -0.309 e. The first-order valence-electron chi connectivity index (χ1n) is 8.12. The minimum atomic E-state index is 0.354. The van der Waals surface area contributed by atoms with Gasteiger partial charge in [-0.15, -0.1) is 0 Å². The van der Waals surface area contributed by atoms with Crippen molar-refractivity contribution in [2.75, 3.05) is 39.8 Å². The third kappa shape index (κ3) is 4.53. The van der Waals surface area contributed by atoms with Crippen molar-refractivity contribution in [3.8, 4) is 0 Å². The summed E-state index contributed by atoms with van der Waals surface area (Å²) in [5.74, 6) is 0.669. The first-order valence-corrected chi connectivity index (χ1v) is 8.12. The van der Waals surface area contributed by atoms with E-state index >= 15 is 0 Å². The molecule has 1 N–H and O–H groups in total. The van der Waals surface area contributed by atoms with Crippen molar-refractivity contribution in [2.45, 2.75) is 32.9 Å². The van der Waals surface area contributed by atoms with Crippen LogP contribution in [0, 0.1) is 5.92 Å². The smallest absolute Gasteiger partial charge is 0.0537 e. The van der Waals surface area contributed by atoms with E-state index in [1.807, 2.05) is 17.9 Å². The number of nitrogens with zero attached hydrogens (tertiary/aromatic N) is 4. The van der Waals surface area contributed by atoms with Crippen LogP contribution >= 0.6 is 0 Å². The number of aryl methyl sites for hydroxylation is 1. The molecule has 120 valence electrons. The highest BCUT2D eigenvalue weighted by molar-refractivity contribution is 5.09. The number of rotatable bonds is 6. The van der Waals surface area contributed by atoms with Crippen LogP contribution in [0.25, 0.3) is 0 Å². The highest BCUT2D eigenvalue weighted by Crippen LogP contribution is 2.15. The molecular formula is C16H31N5. The fourth-order valence-electron chi connectivity index (χ4n) is 3.02. The summed E-state index contributed by atoms with van der Waals surface area (Å²) in [6.45, 7) is 12.7. The number of likely N-dealkylation sites (N-methyl/N-ethyl adjacent to an activating group) is 1. The van der Waals surface area contributed by atoms with Crippen LogP contribution in [-0.4, -0.2) is 65.4 Å². The van der Waals surface area contributed by atoms with Crippen LogP contribution < -0.4 is 5.32 Å². The van der Waals surface area contributed by atoms with E-state index in [1.54, 1.807) is 0 Å². The maximum Gasteiger partial charge on any atom is 0.0537 e. The molecule has 0 amide bonds. The molecule has 0 radical (unpaired) electrons. The van der Waals surface area contributed by atoms with E-state index in [9.17, 15) is 0 Å². The third-order valence-corrected chi connectivity index (χ3v) is 4.63. The van der Waals surface area contributed by atoms with Crippen molar-refractivity contribution in [2.24, 2.45) is 13.0 Å². The number of nitrogens with one attached hydrogen (secondary N) is 1. The molecule has 5 nitrogen and oxygen atoms in total. The Bertz CT molecular complexity index is 420. The molecule has 1 aromatic heterocycles. The summed E-state index contributed by atoms with van der Waals surface area (Å²) >= 11 is 0. The summed E-state index contributed by atoms with van der Waals surface area (Å²) in [5.41, 5.74) is 1.26. The molecule has 0 aliphatic carbocycles. The number of aromatic nitrogens is 2. The highest BCUT2D eigenvalue weighted by atomic mass is 15.3. The lowest BCUT2D eigenvalue weighted by molar-refractivity contribution is 0.0863. The van der Waals surface area contributed by atoms with Crippen LogP contribution in [0.5, 0.6) is 0 Å². The zero-order valence-electron chi connectivity index (χ0n) is 14.2. The second kappa shape index (κ2) is 7.38. The van der Waals surface area contributed by atoms with Crippen molar-refractivity contribution in [1.29, 1.82) is 0 Å². The molecule has 0 aromatic carbocycles. The fraction of sp³-hybridized carbons (Fsp3) is 0.812. The summed E-state index contributed by atoms with van der Waals surface area (Å²) in [6.07, 6.45) is 4.05. The molecule has 1 aliphatic rings. The van der Waals surface area contributed by atoms with Crippen LogP contribution in [-0.2, 0) is 7.05 Å². The molecule has 0 saturated carbocycles. The lowest BCUT2D eigenvalue weighted by Gasteiger charge is -2.40. The van der Waals surface area contributed by atoms with E-state index in [4.69, 9.17) is 0 Å². The number of hydrogen-bond donors (Lipinski definition) is 1. The van der Waals surface area contributed by atoms with Gasteiger partial charge in [0.1, 0.15) is 0 Å². The van der Waals surface area contributed by atoms with Gasteiger partial charge in [-0.1, -0.05) is 13.8 Å². The summed E-state index contributed by atoms with van der Waals surface area (Å²) in [5, 5.41) is 7.95. The number of hydrogen-bond acceptors (Lipinski definition) is 4. The van der Waals surface area contributed by atoms with E-state index in [-0.39, 0.29) is 0 Å². The Morgan fingerprint density at radius 2 is 1.81 bits per heavy atom. The van der Waals surface area contributed by atoms with Crippen molar-refractivity contribution in [1.82, 2.24) is 24.9 Å². The van der Waals surface area contributed by atoms with Crippen molar-refractivity contribution >= 4 is 0 Å².